The van der Waals surface area contributed by atoms with Gasteiger partial charge in [0.1, 0.15) is 12.2 Å². The van der Waals surface area contributed by atoms with E-state index in [1.807, 2.05) is 11.6 Å². The zero-order chi connectivity index (χ0) is 12.4. The molecule has 7 heteroatoms. The second-order valence-electron chi connectivity index (χ2n) is 4.46. The van der Waals surface area contributed by atoms with Crippen LogP contribution in [0.25, 0.3) is 0 Å². The van der Waals surface area contributed by atoms with Crippen molar-refractivity contribution in [3.8, 4) is 0 Å². The average Bonchev–Trinajstić information content (AvgIpc) is 3.08. The Bertz CT molecular complexity index is 515. The maximum absolute atomic E-state index is 5.31. The first kappa shape index (κ1) is 11.3. The maximum atomic E-state index is 5.31. The Morgan fingerprint density at radius 3 is 3.11 bits per heavy atom. The highest BCUT2D eigenvalue weighted by Crippen LogP contribution is 2.22. The van der Waals surface area contributed by atoms with Gasteiger partial charge in [0.2, 0.25) is 5.89 Å². The summed E-state index contributed by atoms with van der Waals surface area (Å²) in [4.78, 5) is 4.41. The van der Waals surface area contributed by atoms with E-state index < -0.39 is 0 Å². The number of aryl methyl sites for hydroxylation is 3. The van der Waals surface area contributed by atoms with Crippen LogP contribution < -0.4 is 0 Å². The summed E-state index contributed by atoms with van der Waals surface area (Å²) in [5, 5.41) is 11.9. The lowest BCUT2D eigenvalue weighted by molar-refractivity contribution is 0.192. The summed E-state index contributed by atoms with van der Waals surface area (Å²) in [5.74, 6) is 2.62. The van der Waals surface area contributed by atoms with Crippen LogP contribution in [0.5, 0.6) is 0 Å². The highest BCUT2D eigenvalue weighted by atomic mass is 16.5. The molecule has 0 spiro atoms. The van der Waals surface area contributed by atoms with Crippen molar-refractivity contribution in [3.05, 3.63) is 23.9 Å². The lowest BCUT2D eigenvalue weighted by Crippen LogP contribution is -2.02. The van der Waals surface area contributed by atoms with Crippen molar-refractivity contribution in [2.45, 2.75) is 25.2 Å². The molecule has 1 unspecified atom stereocenters. The summed E-state index contributed by atoms with van der Waals surface area (Å²) >= 11 is 0. The fourth-order valence-electron chi connectivity index (χ4n) is 2.03. The molecule has 7 nitrogen and oxygen atoms in total. The van der Waals surface area contributed by atoms with Gasteiger partial charge in [-0.1, -0.05) is 5.16 Å². The van der Waals surface area contributed by atoms with Crippen molar-refractivity contribution >= 4 is 0 Å². The largest absolute Gasteiger partial charge is 0.381 e. The normalized spacial score (nSPS) is 19.5. The molecule has 0 aromatic carbocycles. The van der Waals surface area contributed by atoms with Crippen LogP contribution in [0.4, 0.5) is 0 Å². The molecule has 18 heavy (non-hydrogen) atoms. The Labute approximate surface area is 104 Å². The minimum Gasteiger partial charge on any atom is -0.381 e. The zero-order valence-electron chi connectivity index (χ0n) is 10.2. The van der Waals surface area contributed by atoms with Crippen LogP contribution in [-0.2, 0) is 24.6 Å². The Morgan fingerprint density at radius 1 is 1.44 bits per heavy atom. The third-order valence-corrected chi connectivity index (χ3v) is 3.15. The monoisotopic (exact) mass is 249 g/mol. The van der Waals surface area contributed by atoms with Gasteiger partial charge in [0.15, 0.2) is 5.82 Å². The topological polar surface area (TPSA) is 78.9 Å². The molecule has 0 saturated carbocycles. The molecule has 0 radical (unpaired) electrons. The number of aromatic nitrogens is 5. The van der Waals surface area contributed by atoms with E-state index in [4.69, 9.17) is 9.26 Å². The highest BCUT2D eigenvalue weighted by molar-refractivity contribution is 4.98. The second kappa shape index (κ2) is 4.85. The predicted octanol–water partition coefficient (Wildman–Crippen LogP) is 0.487. The molecule has 1 aliphatic rings. The lowest BCUT2D eigenvalue weighted by atomic mass is 10.1. The molecule has 3 heterocycles. The van der Waals surface area contributed by atoms with Crippen LogP contribution in [-0.4, -0.2) is 38.1 Å². The number of rotatable bonds is 4. The minimum absolute atomic E-state index is 0.289. The van der Waals surface area contributed by atoms with Gasteiger partial charge in [-0.15, -0.1) is 10.2 Å². The Morgan fingerprint density at radius 2 is 2.39 bits per heavy atom. The summed E-state index contributed by atoms with van der Waals surface area (Å²) in [6.07, 6.45) is 4.10. The molecule has 1 atom stereocenters. The van der Waals surface area contributed by atoms with Gasteiger partial charge in [0.25, 0.3) is 0 Å². The van der Waals surface area contributed by atoms with Crippen molar-refractivity contribution in [1.82, 2.24) is 24.9 Å². The fraction of sp³-hybridized carbons (Fsp3) is 0.636. The summed E-state index contributed by atoms with van der Waals surface area (Å²) in [6.45, 7) is 1.48. The number of nitrogens with zero attached hydrogens (tertiary/aromatic N) is 5. The first-order chi connectivity index (χ1) is 8.83. The standard InChI is InChI=1S/C11H15N5O2/c1-16-7-12-14-9(16)2-3-10-13-11(15-18-10)8-4-5-17-6-8/h7-8H,2-6H2,1H3. The second-order valence-corrected chi connectivity index (χ2v) is 4.46. The van der Waals surface area contributed by atoms with Gasteiger partial charge >= 0.3 is 0 Å². The summed E-state index contributed by atoms with van der Waals surface area (Å²) in [6, 6.07) is 0. The Kier molecular flexibility index (Phi) is 3.06. The van der Waals surface area contributed by atoms with E-state index in [0.29, 0.717) is 18.9 Å². The molecular weight excluding hydrogens is 234 g/mol. The van der Waals surface area contributed by atoms with E-state index >= 15 is 0 Å². The van der Waals surface area contributed by atoms with Crippen LogP contribution in [0.15, 0.2) is 10.9 Å². The van der Waals surface area contributed by atoms with Crippen LogP contribution in [0.2, 0.25) is 0 Å². The third kappa shape index (κ3) is 2.26. The van der Waals surface area contributed by atoms with Gasteiger partial charge in [0, 0.05) is 32.4 Å². The first-order valence-electron chi connectivity index (χ1n) is 6.06. The fourth-order valence-corrected chi connectivity index (χ4v) is 2.03. The summed E-state index contributed by atoms with van der Waals surface area (Å²) < 4.78 is 12.4. The van der Waals surface area contributed by atoms with E-state index in [-0.39, 0.29) is 5.92 Å². The molecule has 0 bridgehead atoms. The van der Waals surface area contributed by atoms with E-state index in [1.54, 1.807) is 6.33 Å². The third-order valence-electron chi connectivity index (χ3n) is 3.15. The maximum Gasteiger partial charge on any atom is 0.227 e. The smallest absolute Gasteiger partial charge is 0.227 e. The predicted molar refractivity (Wildman–Crippen MR) is 60.9 cm³/mol. The Hall–Kier alpha value is -1.76. The molecular formula is C11H15N5O2. The van der Waals surface area contributed by atoms with Crippen molar-refractivity contribution < 1.29 is 9.26 Å². The van der Waals surface area contributed by atoms with Crippen molar-refractivity contribution in [1.29, 1.82) is 0 Å². The van der Waals surface area contributed by atoms with E-state index in [9.17, 15) is 0 Å². The van der Waals surface area contributed by atoms with Gasteiger partial charge in [0.05, 0.1) is 6.61 Å². The molecule has 0 aliphatic carbocycles. The van der Waals surface area contributed by atoms with Crippen molar-refractivity contribution in [3.63, 3.8) is 0 Å². The zero-order valence-corrected chi connectivity index (χ0v) is 10.2. The molecule has 1 saturated heterocycles. The molecule has 2 aromatic rings. The number of ether oxygens (including phenoxy) is 1. The van der Waals surface area contributed by atoms with Crippen molar-refractivity contribution in [2.75, 3.05) is 13.2 Å². The van der Waals surface area contributed by atoms with Crippen LogP contribution in [0.3, 0.4) is 0 Å². The first-order valence-corrected chi connectivity index (χ1v) is 6.06. The molecule has 1 aliphatic heterocycles. The van der Waals surface area contributed by atoms with Crippen LogP contribution >= 0.6 is 0 Å². The molecule has 3 rings (SSSR count). The molecule has 0 amide bonds. The quantitative estimate of drug-likeness (QED) is 0.784. The minimum atomic E-state index is 0.289. The van der Waals surface area contributed by atoms with Gasteiger partial charge in [-0.25, -0.2) is 0 Å². The molecule has 96 valence electrons. The summed E-state index contributed by atoms with van der Waals surface area (Å²) in [5.41, 5.74) is 0. The molecule has 2 aromatic heterocycles. The summed E-state index contributed by atoms with van der Waals surface area (Å²) in [7, 11) is 1.92. The van der Waals surface area contributed by atoms with Gasteiger partial charge in [-0.3, -0.25) is 0 Å². The highest BCUT2D eigenvalue weighted by Gasteiger charge is 2.23. The molecule has 1 fully saturated rings. The average molecular weight is 249 g/mol. The molecule has 0 N–H and O–H groups in total. The van der Waals surface area contributed by atoms with Crippen molar-refractivity contribution in [2.24, 2.45) is 7.05 Å². The van der Waals surface area contributed by atoms with E-state index in [0.717, 1.165) is 31.1 Å². The Balaban J connectivity index is 1.61. The van der Waals surface area contributed by atoms with Gasteiger partial charge in [-0.05, 0) is 6.42 Å². The lowest BCUT2D eigenvalue weighted by Gasteiger charge is -1.98. The number of hydrogen-bond donors (Lipinski definition) is 0. The number of hydrogen-bond acceptors (Lipinski definition) is 6. The van der Waals surface area contributed by atoms with E-state index in [2.05, 4.69) is 20.3 Å². The van der Waals surface area contributed by atoms with Gasteiger partial charge < -0.3 is 13.8 Å². The van der Waals surface area contributed by atoms with Gasteiger partial charge in [-0.2, -0.15) is 4.98 Å². The van der Waals surface area contributed by atoms with Crippen LogP contribution in [0.1, 0.15) is 29.9 Å². The van der Waals surface area contributed by atoms with Crippen LogP contribution in [0, 0.1) is 0 Å². The van der Waals surface area contributed by atoms with E-state index in [1.165, 1.54) is 0 Å². The SMILES string of the molecule is Cn1cnnc1CCc1nc(C2CCOC2)no1.